The van der Waals surface area contributed by atoms with E-state index in [-0.39, 0.29) is 0 Å². The maximum Gasteiger partial charge on any atom is 0.190 e. The molecule has 1 aromatic heterocycles. The van der Waals surface area contributed by atoms with Crippen molar-refractivity contribution in [3.8, 4) is 10.4 Å². The standard InChI is InChI=1S/C19H18Cl2N2S/c1-13(2)11-23-12-17(14-7-4-3-5-8-14)24-19(23)22-16-10-6-9-15(20)18(16)21/h3-10,12-13H,11H2,1-2H3. The van der Waals surface area contributed by atoms with Gasteiger partial charge in [-0.1, -0.05) is 84.8 Å². The van der Waals surface area contributed by atoms with Crippen LogP contribution in [0.2, 0.25) is 10.0 Å². The Balaban J connectivity index is 2.13. The topological polar surface area (TPSA) is 17.3 Å². The van der Waals surface area contributed by atoms with Gasteiger partial charge in [-0.25, -0.2) is 4.99 Å². The highest BCUT2D eigenvalue weighted by molar-refractivity contribution is 7.12. The van der Waals surface area contributed by atoms with Gasteiger partial charge in [0.1, 0.15) is 0 Å². The molecule has 0 aliphatic carbocycles. The van der Waals surface area contributed by atoms with Crippen LogP contribution in [0, 0.1) is 5.92 Å². The molecule has 0 unspecified atom stereocenters. The summed E-state index contributed by atoms with van der Waals surface area (Å²) in [6.45, 7) is 5.30. The van der Waals surface area contributed by atoms with Crippen molar-refractivity contribution < 1.29 is 0 Å². The number of hydrogen-bond donors (Lipinski definition) is 0. The molecule has 0 aliphatic heterocycles. The highest BCUT2D eigenvalue weighted by Gasteiger charge is 2.08. The Morgan fingerprint density at radius 3 is 2.50 bits per heavy atom. The highest BCUT2D eigenvalue weighted by atomic mass is 35.5. The van der Waals surface area contributed by atoms with E-state index in [9.17, 15) is 0 Å². The molecule has 0 atom stereocenters. The Hall–Kier alpha value is -1.55. The van der Waals surface area contributed by atoms with Crippen LogP contribution < -0.4 is 4.80 Å². The monoisotopic (exact) mass is 376 g/mol. The second-order valence-corrected chi connectivity index (χ2v) is 7.77. The molecule has 0 spiro atoms. The molecule has 24 heavy (non-hydrogen) atoms. The van der Waals surface area contributed by atoms with E-state index in [2.05, 4.69) is 36.7 Å². The lowest BCUT2D eigenvalue weighted by molar-refractivity contribution is 0.515. The number of hydrogen-bond acceptors (Lipinski definition) is 2. The summed E-state index contributed by atoms with van der Waals surface area (Å²) in [7, 11) is 0. The Labute approximate surface area is 156 Å². The maximum absolute atomic E-state index is 6.29. The molecular formula is C19H18Cl2N2S. The number of benzene rings is 2. The molecule has 2 aromatic carbocycles. The third-order valence-electron chi connectivity index (χ3n) is 3.49. The van der Waals surface area contributed by atoms with Crippen molar-refractivity contribution in [2.45, 2.75) is 20.4 Å². The Kier molecular flexibility index (Phi) is 5.44. The molecule has 0 aliphatic rings. The fraction of sp³-hybridized carbons (Fsp3) is 0.211. The lowest BCUT2D eigenvalue weighted by Gasteiger charge is -2.06. The van der Waals surface area contributed by atoms with Crippen molar-refractivity contribution in [1.29, 1.82) is 0 Å². The van der Waals surface area contributed by atoms with Crippen LogP contribution in [-0.4, -0.2) is 4.57 Å². The van der Waals surface area contributed by atoms with Crippen molar-refractivity contribution in [3.05, 3.63) is 69.6 Å². The third-order valence-corrected chi connectivity index (χ3v) is 5.37. The fourth-order valence-electron chi connectivity index (χ4n) is 2.41. The second-order valence-electron chi connectivity index (χ2n) is 5.97. The van der Waals surface area contributed by atoms with Crippen LogP contribution in [-0.2, 0) is 6.54 Å². The zero-order chi connectivity index (χ0) is 17.1. The van der Waals surface area contributed by atoms with Crippen molar-refractivity contribution in [2.24, 2.45) is 10.9 Å². The van der Waals surface area contributed by atoms with Crippen LogP contribution in [0.5, 0.6) is 0 Å². The molecule has 0 radical (unpaired) electrons. The van der Waals surface area contributed by atoms with E-state index in [0.717, 1.165) is 11.3 Å². The zero-order valence-electron chi connectivity index (χ0n) is 13.5. The summed E-state index contributed by atoms with van der Waals surface area (Å²) < 4.78 is 2.19. The van der Waals surface area contributed by atoms with Crippen LogP contribution in [0.3, 0.4) is 0 Å². The SMILES string of the molecule is CC(C)Cn1cc(-c2ccccc2)sc1=Nc1cccc(Cl)c1Cl. The lowest BCUT2D eigenvalue weighted by atomic mass is 10.2. The minimum Gasteiger partial charge on any atom is -0.323 e. The molecule has 0 N–H and O–H groups in total. The van der Waals surface area contributed by atoms with Crippen LogP contribution in [0.1, 0.15) is 13.8 Å². The van der Waals surface area contributed by atoms with Crippen molar-refractivity contribution in [3.63, 3.8) is 0 Å². The van der Waals surface area contributed by atoms with E-state index < -0.39 is 0 Å². The summed E-state index contributed by atoms with van der Waals surface area (Å²) in [5.41, 5.74) is 1.89. The number of rotatable bonds is 4. The number of aromatic nitrogens is 1. The van der Waals surface area contributed by atoms with Crippen LogP contribution in [0.4, 0.5) is 5.69 Å². The van der Waals surface area contributed by atoms with Gasteiger partial charge in [0.15, 0.2) is 4.80 Å². The minimum absolute atomic E-state index is 0.491. The van der Waals surface area contributed by atoms with E-state index in [4.69, 9.17) is 28.2 Å². The minimum atomic E-state index is 0.491. The maximum atomic E-state index is 6.29. The first kappa shape index (κ1) is 17.3. The van der Waals surface area contributed by atoms with Gasteiger partial charge < -0.3 is 4.57 Å². The van der Waals surface area contributed by atoms with Crippen molar-refractivity contribution >= 4 is 40.2 Å². The van der Waals surface area contributed by atoms with E-state index in [1.54, 1.807) is 17.4 Å². The predicted molar refractivity (Wildman–Crippen MR) is 104 cm³/mol. The summed E-state index contributed by atoms with van der Waals surface area (Å²) in [6, 6.07) is 15.9. The van der Waals surface area contributed by atoms with E-state index in [0.29, 0.717) is 21.7 Å². The van der Waals surface area contributed by atoms with Gasteiger partial charge in [-0.05, 0) is 23.6 Å². The molecule has 3 rings (SSSR count). The predicted octanol–water partition coefficient (Wildman–Crippen LogP) is 6.41. The zero-order valence-corrected chi connectivity index (χ0v) is 15.9. The smallest absolute Gasteiger partial charge is 0.190 e. The second kappa shape index (κ2) is 7.56. The Morgan fingerprint density at radius 2 is 1.79 bits per heavy atom. The molecule has 0 fully saturated rings. The Bertz CT molecular complexity index is 895. The molecule has 0 bridgehead atoms. The summed E-state index contributed by atoms with van der Waals surface area (Å²) in [4.78, 5) is 6.88. The van der Waals surface area contributed by atoms with E-state index in [1.807, 2.05) is 30.3 Å². The molecule has 0 saturated carbocycles. The molecule has 1 heterocycles. The van der Waals surface area contributed by atoms with Gasteiger partial charge in [0, 0.05) is 12.7 Å². The van der Waals surface area contributed by atoms with E-state index >= 15 is 0 Å². The summed E-state index contributed by atoms with van der Waals surface area (Å²) in [5, 5.41) is 1.01. The van der Waals surface area contributed by atoms with Crippen molar-refractivity contribution in [1.82, 2.24) is 4.57 Å². The first-order chi connectivity index (χ1) is 11.5. The fourth-order valence-corrected chi connectivity index (χ4v) is 3.77. The van der Waals surface area contributed by atoms with E-state index in [1.165, 1.54) is 10.4 Å². The van der Waals surface area contributed by atoms with Gasteiger partial charge in [0.2, 0.25) is 0 Å². The molecule has 124 valence electrons. The molecular weight excluding hydrogens is 359 g/mol. The van der Waals surface area contributed by atoms with Gasteiger partial charge in [0.05, 0.1) is 20.6 Å². The largest absolute Gasteiger partial charge is 0.323 e. The van der Waals surface area contributed by atoms with Gasteiger partial charge in [-0.3, -0.25) is 0 Å². The van der Waals surface area contributed by atoms with Gasteiger partial charge in [-0.15, -0.1) is 0 Å². The van der Waals surface area contributed by atoms with Gasteiger partial charge in [-0.2, -0.15) is 0 Å². The number of nitrogens with zero attached hydrogens (tertiary/aromatic N) is 2. The number of halogens is 2. The third kappa shape index (κ3) is 3.92. The quantitative estimate of drug-likeness (QED) is 0.500. The highest BCUT2D eigenvalue weighted by Crippen LogP contribution is 2.31. The number of thiazole rings is 1. The first-order valence-corrected chi connectivity index (χ1v) is 9.36. The lowest BCUT2D eigenvalue weighted by Crippen LogP contribution is -2.16. The van der Waals surface area contributed by atoms with Crippen LogP contribution >= 0.6 is 34.5 Å². The first-order valence-electron chi connectivity index (χ1n) is 7.79. The van der Waals surface area contributed by atoms with Crippen molar-refractivity contribution in [2.75, 3.05) is 0 Å². The summed E-state index contributed by atoms with van der Waals surface area (Å²) in [6.07, 6.45) is 2.16. The summed E-state index contributed by atoms with van der Waals surface area (Å²) in [5.74, 6) is 0.525. The molecule has 0 amide bonds. The molecule has 5 heteroatoms. The van der Waals surface area contributed by atoms with Crippen LogP contribution in [0.15, 0.2) is 59.7 Å². The Morgan fingerprint density at radius 1 is 1.04 bits per heavy atom. The molecule has 3 aromatic rings. The normalized spacial score (nSPS) is 12.1. The van der Waals surface area contributed by atoms with Gasteiger partial charge in [0.25, 0.3) is 0 Å². The molecule has 2 nitrogen and oxygen atoms in total. The average molecular weight is 377 g/mol. The summed E-state index contributed by atoms with van der Waals surface area (Å²) >= 11 is 14.1. The average Bonchev–Trinajstić information content (AvgIpc) is 2.95. The van der Waals surface area contributed by atoms with Gasteiger partial charge >= 0.3 is 0 Å². The van der Waals surface area contributed by atoms with Crippen LogP contribution in [0.25, 0.3) is 10.4 Å². The molecule has 0 saturated heterocycles.